The number of nitrogens with one attached hydrogen (secondary N) is 1. The Balaban J connectivity index is 1.78. The second kappa shape index (κ2) is 5.87. The maximum absolute atomic E-state index is 12.3. The lowest BCUT2D eigenvalue weighted by molar-refractivity contribution is 0.0242. The van der Waals surface area contributed by atoms with Crippen LogP contribution in [0.25, 0.3) is 0 Å². The van der Waals surface area contributed by atoms with Crippen LogP contribution in [-0.4, -0.2) is 26.6 Å². The van der Waals surface area contributed by atoms with E-state index < -0.39 is 5.60 Å². The van der Waals surface area contributed by atoms with Crippen LogP contribution < -0.4 is 5.32 Å². The van der Waals surface area contributed by atoms with Crippen LogP contribution in [0, 0.1) is 0 Å². The van der Waals surface area contributed by atoms with Crippen LogP contribution in [-0.2, 0) is 17.8 Å². The van der Waals surface area contributed by atoms with Crippen molar-refractivity contribution in [1.29, 1.82) is 0 Å². The van der Waals surface area contributed by atoms with Gasteiger partial charge in [-0.3, -0.25) is 4.90 Å². The van der Waals surface area contributed by atoms with Crippen molar-refractivity contribution >= 4 is 17.5 Å². The number of benzene rings is 1. The molecule has 0 fully saturated rings. The van der Waals surface area contributed by atoms with E-state index in [2.05, 4.69) is 15.3 Å². The minimum absolute atomic E-state index is 0.289. The summed E-state index contributed by atoms with van der Waals surface area (Å²) in [6, 6.07) is 6.00. The third-order valence-corrected chi connectivity index (χ3v) is 3.47. The lowest BCUT2D eigenvalue weighted by atomic mass is 10.1. The van der Waals surface area contributed by atoms with Gasteiger partial charge in [-0.1, -0.05) is 12.1 Å². The number of nitrogens with zero attached hydrogens (tertiary/aromatic N) is 3. The fourth-order valence-electron chi connectivity index (χ4n) is 2.51. The van der Waals surface area contributed by atoms with Crippen LogP contribution in [0.3, 0.4) is 0 Å². The third kappa shape index (κ3) is 3.59. The Morgan fingerprint density at radius 1 is 1.22 bits per heavy atom. The summed E-state index contributed by atoms with van der Waals surface area (Å²) in [4.78, 5) is 22.0. The second-order valence-electron chi connectivity index (χ2n) is 6.53. The summed E-state index contributed by atoms with van der Waals surface area (Å²) in [5.74, 6) is 0. The van der Waals surface area contributed by atoms with E-state index in [9.17, 15) is 4.79 Å². The summed E-state index contributed by atoms with van der Waals surface area (Å²) in [5.41, 5.74) is 3.51. The number of amides is 1. The Morgan fingerprint density at radius 2 is 1.96 bits per heavy atom. The Hall–Kier alpha value is -2.63. The molecule has 1 aliphatic rings. The lowest BCUT2D eigenvalue weighted by Gasteiger charge is -2.24. The summed E-state index contributed by atoms with van der Waals surface area (Å²) in [5, 5.41) is 3.31. The minimum Gasteiger partial charge on any atom is -0.444 e. The van der Waals surface area contributed by atoms with Gasteiger partial charge in [0.2, 0.25) is 0 Å². The molecule has 23 heavy (non-hydrogen) atoms. The zero-order valence-electron chi connectivity index (χ0n) is 13.5. The number of carbonyl (C=O) groups excluding carboxylic acids is 1. The van der Waals surface area contributed by atoms with Gasteiger partial charge in [-0.25, -0.2) is 14.8 Å². The predicted molar refractivity (Wildman–Crippen MR) is 87.2 cm³/mol. The SMILES string of the molecule is CC(C)(C)OC(=O)N1Cc2cccc(Nc3cncnc3)c2C1. The third-order valence-electron chi connectivity index (χ3n) is 3.47. The number of anilines is 2. The van der Waals surface area contributed by atoms with E-state index >= 15 is 0 Å². The molecule has 1 aromatic heterocycles. The van der Waals surface area contributed by atoms with Crippen molar-refractivity contribution in [2.75, 3.05) is 5.32 Å². The molecule has 0 saturated heterocycles. The number of rotatable bonds is 2. The summed E-state index contributed by atoms with van der Waals surface area (Å²) in [6.07, 6.45) is 4.63. The summed E-state index contributed by atoms with van der Waals surface area (Å²) in [7, 11) is 0. The molecule has 2 heterocycles. The summed E-state index contributed by atoms with van der Waals surface area (Å²) < 4.78 is 5.46. The number of fused-ring (bicyclic) bond motifs is 1. The van der Waals surface area contributed by atoms with Crippen LogP contribution in [0.2, 0.25) is 0 Å². The van der Waals surface area contributed by atoms with Gasteiger partial charge in [0.05, 0.1) is 24.6 Å². The molecule has 1 aliphatic heterocycles. The molecule has 120 valence electrons. The molecule has 0 unspecified atom stereocenters. The van der Waals surface area contributed by atoms with E-state index in [1.165, 1.54) is 6.33 Å². The monoisotopic (exact) mass is 312 g/mol. The molecular formula is C17H20N4O2. The maximum Gasteiger partial charge on any atom is 0.410 e. The highest BCUT2D eigenvalue weighted by atomic mass is 16.6. The maximum atomic E-state index is 12.3. The molecule has 0 saturated carbocycles. The number of ether oxygens (including phenoxy) is 1. The van der Waals surface area contributed by atoms with Crippen molar-refractivity contribution in [3.05, 3.63) is 48.0 Å². The summed E-state index contributed by atoms with van der Waals surface area (Å²) >= 11 is 0. The van der Waals surface area contributed by atoms with Gasteiger partial charge < -0.3 is 10.1 Å². The van der Waals surface area contributed by atoms with Crippen LogP contribution >= 0.6 is 0 Å². The Bertz CT molecular complexity index is 710. The van der Waals surface area contributed by atoms with Crippen LogP contribution in [0.5, 0.6) is 0 Å². The highest BCUT2D eigenvalue weighted by Crippen LogP contribution is 2.31. The van der Waals surface area contributed by atoms with Crippen molar-refractivity contribution in [3.63, 3.8) is 0 Å². The number of hydrogen-bond acceptors (Lipinski definition) is 5. The van der Waals surface area contributed by atoms with Gasteiger partial charge in [0.15, 0.2) is 0 Å². The van der Waals surface area contributed by atoms with Gasteiger partial charge in [-0.05, 0) is 32.4 Å². The van der Waals surface area contributed by atoms with E-state index in [-0.39, 0.29) is 6.09 Å². The van der Waals surface area contributed by atoms with E-state index in [1.807, 2.05) is 39.0 Å². The fraction of sp³-hybridized carbons (Fsp3) is 0.353. The van der Waals surface area contributed by atoms with Gasteiger partial charge in [0.25, 0.3) is 0 Å². The summed E-state index contributed by atoms with van der Waals surface area (Å²) in [6.45, 7) is 6.70. The van der Waals surface area contributed by atoms with Crippen molar-refractivity contribution < 1.29 is 9.53 Å². The topological polar surface area (TPSA) is 67.3 Å². The molecule has 0 atom stereocenters. The molecule has 6 nitrogen and oxygen atoms in total. The molecule has 1 amide bonds. The second-order valence-corrected chi connectivity index (χ2v) is 6.53. The lowest BCUT2D eigenvalue weighted by Crippen LogP contribution is -2.33. The minimum atomic E-state index is -0.492. The molecule has 6 heteroatoms. The highest BCUT2D eigenvalue weighted by molar-refractivity contribution is 5.72. The Kier molecular flexibility index (Phi) is 3.90. The number of aromatic nitrogens is 2. The van der Waals surface area contributed by atoms with Crippen LogP contribution in [0.15, 0.2) is 36.9 Å². The predicted octanol–water partition coefficient (Wildman–Crippen LogP) is 3.47. The molecule has 0 bridgehead atoms. The molecule has 0 radical (unpaired) electrons. The zero-order valence-corrected chi connectivity index (χ0v) is 13.5. The first kappa shape index (κ1) is 15.3. The normalized spacial score (nSPS) is 13.6. The molecule has 3 rings (SSSR count). The zero-order chi connectivity index (χ0) is 16.4. The largest absolute Gasteiger partial charge is 0.444 e. The van der Waals surface area contributed by atoms with Gasteiger partial charge >= 0.3 is 6.09 Å². The smallest absolute Gasteiger partial charge is 0.410 e. The Labute approximate surface area is 135 Å². The van der Waals surface area contributed by atoms with Gasteiger partial charge in [0, 0.05) is 17.8 Å². The number of carbonyl (C=O) groups is 1. The van der Waals surface area contributed by atoms with Gasteiger partial charge in [-0.15, -0.1) is 0 Å². The first-order valence-electron chi connectivity index (χ1n) is 7.53. The van der Waals surface area contributed by atoms with Gasteiger partial charge in [-0.2, -0.15) is 0 Å². The molecule has 1 N–H and O–H groups in total. The van der Waals surface area contributed by atoms with Crippen LogP contribution in [0.1, 0.15) is 31.9 Å². The van der Waals surface area contributed by atoms with Crippen molar-refractivity contribution in [3.8, 4) is 0 Å². The van der Waals surface area contributed by atoms with Crippen molar-refractivity contribution in [2.24, 2.45) is 0 Å². The standard InChI is InChI=1S/C17H20N4O2/c1-17(2,3)23-16(22)21-9-12-5-4-6-15(14(12)10-21)20-13-7-18-11-19-8-13/h4-8,11,20H,9-10H2,1-3H3. The van der Waals surface area contributed by atoms with Crippen LogP contribution in [0.4, 0.5) is 16.2 Å². The molecule has 0 aliphatic carbocycles. The average molecular weight is 312 g/mol. The quantitative estimate of drug-likeness (QED) is 0.919. The van der Waals surface area contributed by atoms with E-state index in [0.29, 0.717) is 13.1 Å². The average Bonchev–Trinajstić information content (AvgIpc) is 2.92. The highest BCUT2D eigenvalue weighted by Gasteiger charge is 2.29. The van der Waals surface area contributed by atoms with E-state index in [1.54, 1.807) is 17.3 Å². The Morgan fingerprint density at radius 3 is 2.65 bits per heavy atom. The van der Waals surface area contributed by atoms with Crippen molar-refractivity contribution in [2.45, 2.75) is 39.5 Å². The van der Waals surface area contributed by atoms with Crippen molar-refractivity contribution in [1.82, 2.24) is 14.9 Å². The van der Waals surface area contributed by atoms with E-state index in [0.717, 1.165) is 22.5 Å². The molecular weight excluding hydrogens is 292 g/mol. The molecule has 2 aromatic rings. The molecule has 1 aromatic carbocycles. The van der Waals surface area contributed by atoms with Gasteiger partial charge in [0.1, 0.15) is 11.9 Å². The molecule has 0 spiro atoms. The first-order valence-corrected chi connectivity index (χ1v) is 7.53. The fourth-order valence-corrected chi connectivity index (χ4v) is 2.51. The number of hydrogen-bond donors (Lipinski definition) is 1. The first-order chi connectivity index (χ1) is 10.9. The van der Waals surface area contributed by atoms with E-state index in [4.69, 9.17) is 4.74 Å².